The Morgan fingerprint density at radius 1 is 1.20 bits per heavy atom. The molecule has 0 aromatic heterocycles. The van der Waals surface area contributed by atoms with Crippen molar-refractivity contribution in [3.63, 3.8) is 0 Å². The fraction of sp³-hybridized carbons (Fsp3) is 0.421. The Labute approximate surface area is 145 Å². The van der Waals surface area contributed by atoms with Crippen LogP contribution in [0, 0.1) is 17.8 Å². The normalized spacial score (nSPS) is 30.7. The van der Waals surface area contributed by atoms with Crippen molar-refractivity contribution in [2.24, 2.45) is 17.8 Å². The van der Waals surface area contributed by atoms with Crippen molar-refractivity contribution >= 4 is 17.8 Å². The van der Waals surface area contributed by atoms with Crippen LogP contribution in [0.25, 0.3) is 0 Å². The van der Waals surface area contributed by atoms with Gasteiger partial charge in [0.1, 0.15) is 0 Å². The van der Waals surface area contributed by atoms with Gasteiger partial charge in [-0.05, 0) is 12.5 Å². The minimum absolute atomic E-state index is 0.149. The molecule has 6 nitrogen and oxygen atoms in total. The predicted molar refractivity (Wildman–Crippen MR) is 89.0 cm³/mol. The van der Waals surface area contributed by atoms with E-state index in [1.54, 1.807) is 6.92 Å². The molecular formula is C19H20N2O4. The Kier molecular flexibility index (Phi) is 3.92. The van der Waals surface area contributed by atoms with Crippen LogP contribution < -0.4 is 5.32 Å². The molecule has 1 aromatic rings. The first kappa shape index (κ1) is 16.0. The monoisotopic (exact) mass is 340 g/mol. The molecule has 25 heavy (non-hydrogen) atoms. The van der Waals surface area contributed by atoms with E-state index in [0.717, 1.165) is 5.56 Å². The van der Waals surface area contributed by atoms with Crippen LogP contribution in [0.15, 0.2) is 42.0 Å². The highest BCUT2D eigenvalue weighted by Crippen LogP contribution is 2.46. The third kappa shape index (κ3) is 2.57. The number of hydrogen-bond donors (Lipinski definition) is 1. The number of amides is 2. The van der Waals surface area contributed by atoms with E-state index in [2.05, 4.69) is 10.2 Å². The third-order valence-corrected chi connectivity index (χ3v) is 5.33. The Morgan fingerprint density at radius 3 is 2.64 bits per heavy atom. The SMILES string of the molecule is CCOC(=O)C1=C[C@H]2CN(Cc3ccccc3)[C@@H]1[C@H]1C(=O)NC(=O)[C@@H]12. The average Bonchev–Trinajstić information content (AvgIpc) is 2.92. The summed E-state index contributed by atoms with van der Waals surface area (Å²) >= 11 is 0. The molecule has 0 radical (unpaired) electrons. The number of nitrogens with one attached hydrogen (secondary N) is 1. The lowest BCUT2D eigenvalue weighted by atomic mass is 9.67. The third-order valence-electron chi connectivity index (χ3n) is 5.33. The molecule has 1 N–H and O–H groups in total. The molecule has 0 unspecified atom stereocenters. The van der Waals surface area contributed by atoms with Crippen LogP contribution in [0.3, 0.4) is 0 Å². The summed E-state index contributed by atoms with van der Waals surface area (Å²) in [5.74, 6) is -1.92. The van der Waals surface area contributed by atoms with Gasteiger partial charge in [-0.2, -0.15) is 0 Å². The number of carbonyl (C=O) groups is 3. The number of esters is 1. The molecular weight excluding hydrogens is 320 g/mol. The van der Waals surface area contributed by atoms with Gasteiger partial charge in [0.15, 0.2) is 0 Å². The lowest BCUT2D eigenvalue weighted by molar-refractivity contribution is -0.142. The lowest BCUT2D eigenvalue weighted by Crippen LogP contribution is -2.58. The van der Waals surface area contributed by atoms with E-state index in [4.69, 9.17) is 4.74 Å². The van der Waals surface area contributed by atoms with Gasteiger partial charge in [0.25, 0.3) is 0 Å². The Morgan fingerprint density at radius 2 is 1.92 bits per heavy atom. The van der Waals surface area contributed by atoms with Crippen molar-refractivity contribution in [2.45, 2.75) is 19.5 Å². The van der Waals surface area contributed by atoms with E-state index in [0.29, 0.717) is 18.7 Å². The fourth-order valence-electron chi connectivity index (χ4n) is 4.40. The second-order valence-electron chi connectivity index (χ2n) is 6.77. The minimum atomic E-state index is -0.514. The van der Waals surface area contributed by atoms with E-state index >= 15 is 0 Å². The molecule has 0 spiro atoms. The van der Waals surface area contributed by atoms with Crippen LogP contribution >= 0.6 is 0 Å². The summed E-state index contributed by atoms with van der Waals surface area (Å²) < 4.78 is 5.19. The molecule has 2 bridgehead atoms. The number of nitrogens with zero attached hydrogens (tertiary/aromatic N) is 1. The van der Waals surface area contributed by atoms with E-state index in [9.17, 15) is 14.4 Å². The summed E-state index contributed by atoms with van der Waals surface area (Å²) in [6.07, 6.45) is 1.85. The second-order valence-corrected chi connectivity index (χ2v) is 6.77. The predicted octanol–water partition coefficient (Wildman–Crippen LogP) is 0.879. The molecule has 2 fully saturated rings. The van der Waals surface area contributed by atoms with Crippen molar-refractivity contribution in [3.05, 3.63) is 47.5 Å². The average molecular weight is 340 g/mol. The molecule has 130 valence electrons. The van der Waals surface area contributed by atoms with E-state index < -0.39 is 12.0 Å². The van der Waals surface area contributed by atoms with Gasteiger partial charge in [0, 0.05) is 19.0 Å². The zero-order valence-electron chi connectivity index (χ0n) is 14.0. The summed E-state index contributed by atoms with van der Waals surface area (Å²) in [5, 5.41) is 2.45. The second kappa shape index (κ2) is 6.11. The molecule has 2 saturated heterocycles. The highest BCUT2D eigenvalue weighted by atomic mass is 16.5. The summed E-state index contributed by atoms with van der Waals surface area (Å²) in [6, 6.07) is 9.51. The van der Waals surface area contributed by atoms with Crippen LogP contribution in [0.4, 0.5) is 0 Å². The van der Waals surface area contributed by atoms with Crippen molar-refractivity contribution in [1.29, 1.82) is 0 Å². The summed E-state index contributed by atoms with van der Waals surface area (Å²) in [4.78, 5) is 39.1. The highest BCUT2D eigenvalue weighted by molar-refractivity contribution is 6.07. The van der Waals surface area contributed by atoms with Crippen molar-refractivity contribution in [3.8, 4) is 0 Å². The molecule has 1 aliphatic carbocycles. The number of imide groups is 1. The van der Waals surface area contributed by atoms with Gasteiger partial charge in [0.05, 0.1) is 30.1 Å². The molecule has 0 saturated carbocycles. The van der Waals surface area contributed by atoms with Gasteiger partial charge in [-0.25, -0.2) is 4.79 Å². The van der Waals surface area contributed by atoms with Crippen molar-refractivity contribution in [2.75, 3.05) is 13.2 Å². The van der Waals surface area contributed by atoms with Gasteiger partial charge in [-0.3, -0.25) is 19.8 Å². The van der Waals surface area contributed by atoms with Crippen molar-refractivity contribution in [1.82, 2.24) is 10.2 Å². The maximum Gasteiger partial charge on any atom is 0.335 e. The molecule has 1 aromatic carbocycles. The van der Waals surface area contributed by atoms with Crippen LogP contribution in [0.5, 0.6) is 0 Å². The van der Waals surface area contributed by atoms with E-state index in [-0.39, 0.29) is 36.2 Å². The quantitative estimate of drug-likeness (QED) is 0.650. The van der Waals surface area contributed by atoms with Gasteiger partial charge in [-0.15, -0.1) is 0 Å². The lowest BCUT2D eigenvalue weighted by Gasteiger charge is -2.48. The van der Waals surface area contributed by atoms with Gasteiger partial charge < -0.3 is 4.74 Å². The summed E-state index contributed by atoms with van der Waals surface area (Å²) in [6.45, 7) is 3.33. The number of rotatable bonds is 4. The number of piperidine rings is 1. The van der Waals surface area contributed by atoms with Crippen LogP contribution in [0.2, 0.25) is 0 Å². The number of fused-ring (bicyclic) bond motifs is 1. The largest absolute Gasteiger partial charge is 0.463 e. The minimum Gasteiger partial charge on any atom is -0.463 e. The molecule has 6 heteroatoms. The standard InChI is InChI=1S/C19H20N2O4/c1-2-25-19(24)13-8-12-10-21(9-11-6-4-3-5-7-11)16(13)15-14(12)17(22)20-18(15)23/h3-8,12,14-16H,2,9-10H2,1H3,(H,20,22,23)/t12-,14+,15-,16-/m0/s1. The number of ether oxygens (including phenoxy) is 1. The maximum absolute atomic E-state index is 12.4. The summed E-state index contributed by atoms with van der Waals surface area (Å²) in [5.41, 5.74) is 1.62. The zero-order chi connectivity index (χ0) is 17.6. The van der Waals surface area contributed by atoms with Gasteiger partial charge in [0.2, 0.25) is 11.8 Å². The fourth-order valence-corrected chi connectivity index (χ4v) is 4.40. The number of benzene rings is 1. The first-order chi connectivity index (χ1) is 12.1. The van der Waals surface area contributed by atoms with Crippen molar-refractivity contribution < 1.29 is 19.1 Å². The van der Waals surface area contributed by atoms with Gasteiger partial charge in [-0.1, -0.05) is 36.4 Å². The molecule has 3 heterocycles. The Balaban J connectivity index is 1.70. The molecule has 5 rings (SSSR count). The maximum atomic E-state index is 12.4. The first-order valence-electron chi connectivity index (χ1n) is 8.61. The smallest absolute Gasteiger partial charge is 0.335 e. The zero-order valence-corrected chi connectivity index (χ0v) is 14.0. The Bertz CT molecular complexity index is 758. The topological polar surface area (TPSA) is 75.7 Å². The number of hydrogen-bond acceptors (Lipinski definition) is 5. The van der Waals surface area contributed by atoms with E-state index in [1.165, 1.54) is 0 Å². The number of carbonyl (C=O) groups excluding carboxylic acids is 3. The van der Waals surface area contributed by atoms with E-state index in [1.807, 2.05) is 36.4 Å². The first-order valence-corrected chi connectivity index (χ1v) is 8.61. The summed E-state index contributed by atoms with van der Waals surface area (Å²) in [7, 11) is 0. The van der Waals surface area contributed by atoms with Crippen LogP contribution in [-0.4, -0.2) is 41.9 Å². The molecule has 4 atom stereocenters. The molecule has 3 aliphatic heterocycles. The Hall–Kier alpha value is -2.47. The van der Waals surface area contributed by atoms with Gasteiger partial charge >= 0.3 is 5.97 Å². The molecule has 2 amide bonds. The highest BCUT2D eigenvalue weighted by Gasteiger charge is 2.59. The van der Waals surface area contributed by atoms with Crippen LogP contribution in [0.1, 0.15) is 12.5 Å². The van der Waals surface area contributed by atoms with Crippen LogP contribution in [-0.2, 0) is 25.7 Å². The molecule has 4 aliphatic rings.